The van der Waals surface area contributed by atoms with Crippen LogP contribution in [0.5, 0.6) is 5.75 Å². The highest BCUT2D eigenvalue weighted by molar-refractivity contribution is 6.33. The van der Waals surface area contributed by atoms with Crippen LogP contribution in [-0.4, -0.2) is 33.5 Å². The molecule has 5 N–H and O–H groups in total. The Morgan fingerprint density at radius 3 is 2.67 bits per heavy atom. The maximum atomic E-state index is 13.9. The molecule has 0 aliphatic heterocycles. The lowest BCUT2D eigenvalue weighted by molar-refractivity contribution is -0.131. The summed E-state index contributed by atoms with van der Waals surface area (Å²) in [5, 5.41) is 8.57. The standard InChI is InChI=1S/C29H30ClFN6O2/c1-16-11-22(39-17(2)38)8-9-23(16)18-12-27-28(35-21-6-4-20(32)5-7-21)24(14-34-37(27)15-18)29(33)36-26-13-19(31)3-10-25(26)30/h3,8-15,20-21,35H,4-7,32H2,1-2H3,(H2,33,36). The Bertz CT molecular complexity index is 1580. The molecule has 0 radical (unpaired) electrons. The van der Waals surface area contributed by atoms with Gasteiger partial charge in [0.1, 0.15) is 17.4 Å². The molecule has 0 unspecified atom stereocenters. The minimum Gasteiger partial charge on any atom is -0.427 e. The lowest BCUT2D eigenvalue weighted by Gasteiger charge is -2.28. The lowest BCUT2D eigenvalue weighted by atomic mass is 9.91. The molecule has 0 bridgehead atoms. The number of fused-ring (bicyclic) bond motifs is 1. The quantitative estimate of drug-likeness (QED) is 0.122. The number of rotatable bonds is 6. The van der Waals surface area contributed by atoms with E-state index in [1.807, 2.05) is 31.3 Å². The third-order valence-corrected chi connectivity index (χ3v) is 7.27. The summed E-state index contributed by atoms with van der Waals surface area (Å²) in [7, 11) is 0. The smallest absolute Gasteiger partial charge is 0.308 e. The molecule has 1 fully saturated rings. The third kappa shape index (κ3) is 5.89. The van der Waals surface area contributed by atoms with Crippen molar-refractivity contribution >= 4 is 40.3 Å². The second-order valence-electron chi connectivity index (χ2n) is 9.91. The fraction of sp³-hybridized carbons (Fsp3) is 0.276. The number of aromatic nitrogens is 2. The van der Waals surface area contributed by atoms with Crippen molar-refractivity contribution in [1.29, 1.82) is 0 Å². The summed E-state index contributed by atoms with van der Waals surface area (Å²) in [5.41, 5.74) is 17.9. The fourth-order valence-electron chi connectivity index (χ4n) is 4.97. The molecule has 0 spiro atoms. The molecular weight excluding hydrogens is 519 g/mol. The van der Waals surface area contributed by atoms with Crippen molar-refractivity contribution in [2.24, 2.45) is 16.5 Å². The van der Waals surface area contributed by atoms with Crippen LogP contribution in [0.2, 0.25) is 5.02 Å². The molecule has 1 aliphatic carbocycles. The van der Waals surface area contributed by atoms with Crippen molar-refractivity contribution < 1.29 is 13.9 Å². The van der Waals surface area contributed by atoms with Crippen molar-refractivity contribution in [2.75, 3.05) is 5.32 Å². The molecule has 0 atom stereocenters. The van der Waals surface area contributed by atoms with E-state index in [0.717, 1.165) is 53.6 Å². The van der Waals surface area contributed by atoms with E-state index in [-0.39, 0.29) is 29.6 Å². The van der Waals surface area contributed by atoms with E-state index < -0.39 is 5.82 Å². The summed E-state index contributed by atoms with van der Waals surface area (Å²) < 4.78 is 20.9. The van der Waals surface area contributed by atoms with E-state index in [4.69, 9.17) is 27.8 Å². The van der Waals surface area contributed by atoms with E-state index in [2.05, 4.69) is 15.4 Å². The Balaban J connectivity index is 1.59. The molecule has 202 valence electrons. The summed E-state index contributed by atoms with van der Waals surface area (Å²) in [5.74, 6) is -0.169. The van der Waals surface area contributed by atoms with Gasteiger partial charge in [-0.05, 0) is 74.1 Å². The first-order valence-electron chi connectivity index (χ1n) is 12.8. The van der Waals surface area contributed by atoms with Gasteiger partial charge in [-0.1, -0.05) is 17.7 Å². The van der Waals surface area contributed by atoms with Crippen molar-refractivity contribution in [3.05, 3.63) is 76.8 Å². The monoisotopic (exact) mass is 548 g/mol. The zero-order chi connectivity index (χ0) is 27.7. The van der Waals surface area contributed by atoms with Crippen molar-refractivity contribution in [1.82, 2.24) is 9.61 Å². The van der Waals surface area contributed by atoms with Gasteiger partial charge in [0.25, 0.3) is 0 Å². The number of halogens is 2. The second-order valence-corrected chi connectivity index (χ2v) is 10.3. The number of ether oxygens (including phenoxy) is 1. The highest BCUT2D eigenvalue weighted by Gasteiger charge is 2.22. The van der Waals surface area contributed by atoms with Gasteiger partial charge in [-0.3, -0.25) is 4.79 Å². The van der Waals surface area contributed by atoms with E-state index >= 15 is 0 Å². The largest absolute Gasteiger partial charge is 0.427 e. The number of anilines is 1. The van der Waals surface area contributed by atoms with Gasteiger partial charge in [-0.2, -0.15) is 5.10 Å². The molecule has 8 nitrogen and oxygen atoms in total. The van der Waals surface area contributed by atoms with Gasteiger partial charge in [0.05, 0.1) is 33.7 Å². The first-order valence-corrected chi connectivity index (χ1v) is 13.2. The Morgan fingerprint density at radius 2 is 1.95 bits per heavy atom. The lowest BCUT2D eigenvalue weighted by Crippen LogP contribution is -2.33. The molecule has 0 saturated heterocycles. The number of hydrogen-bond donors (Lipinski definition) is 3. The van der Waals surface area contributed by atoms with Crippen LogP contribution in [0.15, 0.2) is 59.9 Å². The summed E-state index contributed by atoms with van der Waals surface area (Å²) in [6.45, 7) is 3.33. The number of nitrogens with one attached hydrogen (secondary N) is 1. The van der Waals surface area contributed by atoms with Gasteiger partial charge in [0.15, 0.2) is 0 Å². The Morgan fingerprint density at radius 1 is 1.18 bits per heavy atom. The SMILES string of the molecule is CC(=O)Oc1ccc(-c2cc3c(NC4CCC(N)CC4)c(C(N)=Nc4cc(F)ccc4Cl)cnn3c2)c(C)c1. The first-order chi connectivity index (χ1) is 18.7. The fourth-order valence-corrected chi connectivity index (χ4v) is 5.13. The predicted octanol–water partition coefficient (Wildman–Crippen LogP) is 5.75. The number of carbonyl (C=O) groups excluding carboxylic acids is 1. The number of carbonyl (C=O) groups is 1. The topological polar surface area (TPSA) is 120 Å². The van der Waals surface area contributed by atoms with Crippen LogP contribution in [0.3, 0.4) is 0 Å². The van der Waals surface area contributed by atoms with Crippen LogP contribution in [0.4, 0.5) is 15.8 Å². The number of amidine groups is 1. The summed E-state index contributed by atoms with van der Waals surface area (Å²) in [6, 6.07) is 11.9. The van der Waals surface area contributed by atoms with Crippen LogP contribution < -0.4 is 21.5 Å². The highest BCUT2D eigenvalue weighted by Crippen LogP contribution is 2.34. The average Bonchev–Trinajstić information content (AvgIpc) is 3.32. The Kier molecular flexibility index (Phi) is 7.54. The minimum absolute atomic E-state index is 0.164. The van der Waals surface area contributed by atoms with Crippen LogP contribution in [0.1, 0.15) is 43.7 Å². The minimum atomic E-state index is -0.456. The zero-order valence-electron chi connectivity index (χ0n) is 21.7. The summed E-state index contributed by atoms with van der Waals surface area (Å²) >= 11 is 6.25. The molecule has 1 saturated carbocycles. The maximum Gasteiger partial charge on any atom is 0.308 e. The van der Waals surface area contributed by atoms with E-state index in [0.29, 0.717) is 16.3 Å². The van der Waals surface area contributed by atoms with Crippen molar-refractivity contribution in [3.63, 3.8) is 0 Å². The van der Waals surface area contributed by atoms with E-state index in [9.17, 15) is 9.18 Å². The zero-order valence-corrected chi connectivity index (χ0v) is 22.5. The first kappa shape index (κ1) is 26.6. The van der Waals surface area contributed by atoms with Crippen LogP contribution >= 0.6 is 11.6 Å². The molecule has 4 aromatic rings. The molecule has 5 rings (SSSR count). The molecule has 39 heavy (non-hydrogen) atoms. The Labute approximate surface area is 230 Å². The average molecular weight is 549 g/mol. The number of aryl methyl sites for hydroxylation is 1. The van der Waals surface area contributed by atoms with Gasteiger partial charge in [-0.25, -0.2) is 13.9 Å². The number of aliphatic imine (C=N–C) groups is 1. The molecule has 2 heterocycles. The van der Waals surface area contributed by atoms with Crippen LogP contribution in [0, 0.1) is 12.7 Å². The molecule has 0 amide bonds. The second kappa shape index (κ2) is 11.0. The van der Waals surface area contributed by atoms with Gasteiger partial charge < -0.3 is 21.5 Å². The van der Waals surface area contributed by atoms with Crippen molar-refractivity contribution in [2.45, 2.75) is 51.6 Å². The van der Waals surface area contributed by atoms with Crippen LogP contribution in [-0.2, 0) is 4.79 Å². The normalized spacial score (nSPS) is 17.8. The number of nitrogens with zero attached hydrogens (tertiary/aromatic N) is 3. The highest BCUT2D eigenvalue weighted by atomic mass is 35.5. The predicted molar refractivity (Wildman–Crippen MR) is 152 cm³/mol. The Hall–Kier alpha value is -3.95. The number of esters is 1. The third-order valence-electron chi connectivity index (χ3n) is 6.95. The molecule has 2 aromatic carbocycles. The van der Waals surface area contributed by atoms with Gasteiger partial charge in [0, 0.05) is 36.8 Å². The number of benzene rings is 2. The summed E-state index contributed by atoms with van der Waals surface area (Å²) in [6.07, 6.45) is 7.29. The summed E-state index contributed by atoms with van der Waals surface area (Å²) in [4.78, 5) is 15.8. The van der Waals surface area contributed by atoms with E-state index in [1.54, 1.807) is 16.8 Å². The molecule has 2 aromatic heterocycles. The van der Waals surface area contributed by atoms with Gasteiger partial charge in [-0.15, -0.1) is 0 Å². The van der Waals surface area contributed by atoms with Crippen LogP contribution in [0.25, 0.3) is 16.6 Å². The van der Waals surface area contributed by atoms with Crippen molar-refractivity contribution in [3.8, 4) is 16.9 Å². The molecule has 1 aliphatic rings. The number of hydrogen-bond acceptors (Lipinski definition) is 6. The number of nitrogens with two attached hydrogens (primary N) is 2. The van der Waals surface area contributed by atoms with Gasteiger partial charge in [0.2, 0.25) is 0 Å². The van der Waals surface area contributed by atoms with Gasteiger partial charge >= 0.3 is 5.97 Å². The molecule has 10 heteroatoms. The molecular formula is C29H30ClFN6O2. The van der Waals surface area contributed by atoms with E-state index in [1.165, 1.54) is 25.1 Å². The maximum absolute atomic E-state index is 13.9.